The molecule has 1 aromatic heterocycles. The number of aliphatic hydroxyl groups excluding tert-OH is 10. The third-order valence-corrected chi connectivity index (χ3v) is 11.5. The van der Waals surface area contributed by atoms with E-state index in [-0.39, 0.29) is 39.9 Å². The van der Waals surface area contributed by atoms with E-state index in [1.54, 1.807) is 0 Å². The summed E-state index contributed by atoms with van der Waals surface area (Å²) >= 11 is 0. The molecule has 15 atom stereocenters. The Labute approximate surface area is 388 Å². The summed E-state index contributed by atoms with van der Waals surface area (Å²) in [5.74, 6) is -4.14. The van der Waals surface area contributed by atoms with Crippen LogP contribution in [0.4, 0.5) is 0 Å². The molecule has 3 aliphatic rings. The SMILES string of the molecule is COc1cc(C=CC(=O)O[C@@H]2[C@@H](O[C@@H]3[C@@H](Oc4c(-c5ccc(O)cc5)oc5cc(O[C@H]6O[C@@H](CO)[C@H](O)[C@H](O)[C@@H]6O)cc(O)c5c4=O)O[C@@H](CO)[C@H](O)[C@@H]3O)O[C@@H](CO)[C@H](O)[C@@H]2O)cc(OC)c1O. The molecule has 4 aromatic rings. The predicted octanol–water partition coefficient (Wildman–Crippen LogP) is -2.96. The van der Waals surface area contributed by atoms with E-state index < -0.39 is 152 Å². The number of methoxy groups -OCH3 is 2. The van der Waals surface area contributed by atoms with Crippen LogP contribution in [-0.4, -0.2) is 199 Å². The Bertz CT molecular complexity index is 2490. The number of hydrogen-bond donors (Lipinski definition) is 13. The number of ether oxygens (including phenoxy) is 9. The van der Waals surface area contributed by atoms with E-state index in [1.807, 2.05) is 0 Å². The first-order chi connectivity index (χ1) is 32.9. The van der Waals surface area contributed by atoms with Crippen molar-refractivity contribution in [3.05, 3.63) is 70.4 Å². The second kappa shape index (κ2) is 21.4. The van der Waals surface area contributed by atoms with Crippen molar-refractivity contribution in [3.63, 3.8) is 0 Å². The molecule has 3 fully saturated rings. The van der Waals surface area contributed by atoms with Crippen LogP contribution in [0.3, 0.4) is 0 Å². The van der Waals surface area contributed by atoms with Crippen molar-refractivity contribution >= 4 is 23.0 Å². The lowest BCUT2D eigenvalue weighted by molar-refractivity contribution is -0.358. The largest absolute Gasteiger partial charge is 0.508 e. The van der Waals surface area contributed by atoms with Crippen LogP contribution in [0.25, 0.3) is 28.4 Å². The summed E-state index contributed by atoms with van der Waals surface area (Å²) in [7, 11) is 2.56. The topological polar surface area (TPSA) is 393 Å². The number of esters is 1. The number of carbonyl (C=O) groups is 1. The first-order valence-corrected chi connectivity index (χ1v) is 20.9. The van der Waals surface area contributed by atoms with Gasteiger partial charge in [-0.2, -0.15) is 0 Å². The van der Waals surface area contributed by atoms with Crippen LogP contribution in [-0.2, 0) is 28.5 Å². The lowest BCUT2D eigenvalue weighted by Gasteiger charge is -2.46. The Morgan fingerprint density at radius 1 is 0.652 bits per heavy atom. The predicted molar refractivity (Wildman–Crippen MR) is 227 cm³/mol. The molecule has 0 saturated carbocycles. The van der Waals surface area contributed by atoms with Gasteiger partial charge in [-0.15, -0.1) is 0 Å². The zero-order valence-electron chi connectivity index (χ0n) is 36.3. The van der Waals surface area contributed by atoms with E-state index in [9.17, 15) is 76.0 Å². The number of carbonyl (C=O) groups excluding carboxylic acids is 1. The van der Waals surface area contributed by atoms with Crippen molar-refractivity contribution in [1.29, 1.82) is 0 Å². The molecule has 0 bridgehead atoms. The van der Waals surface area contributed by atoms with E-state index in [1.165, 1.54) is 56.7 Å². The molecule has 0 radical (unpaired) electrons. The van der Waals surface area contributed by atoms with Crippen molar-refractivity contribution in [3.8, 4) is 51.6 Å². The standard InChI is InChI=1S/C44H50O25/c1-60-22-9-16(10-23(61-2)29(22)51)3-8-27(50)67-40-35(57)31(53)25(14-46)65-43(40)69-41-36(58)32(54)26(15-47)66-44(41)68-39-33(55)28-20(49)11-19(62-42-37(59)34(56)30(52)24(13-45)64-42)12-21(28)63-38(39)17-4-6-18(48)7-5-17/h3-12,24-26,30-32,34-37,40-49,51-54,56-59H,13-15H2,1-2H3/t24-,25-,26-,30-,31-,32-,34-,35-,36-,37-,40-,41-,42-,43+,44+/m0/s1. The number of benzene rings is 3. The molecule has 13 N–H and O–H groups in total. The summed E-state index contributed by atoms with van der Waals surface area (Å²) in [6.45, 7) is -2.67. The van der Waals surface area contributed by atoms with Crippen LogP contribution >= 0.6 is 0 Å². The van der Waals surface area contributed by atoms with E-state index >= 15 is 0 Å². The van der Waals surface area contributed by atoms with Crippen molar-refractivity contribution in [2.24, 2.45) is 0 Å². The van der Waals surface area contributed by atoms with E-state index in [0.29, 0.717) is 0 Å². The van der Waals surface area contributed by atoms with Gasteiger partial charge in [-0.1, -0.05) is 0 Å². The Hall–Kier alpha value is -5.88. The summed E-state index contributed by atoms with van der Waals surface area (Å²) in [6, 6.07) is 9.64. The fourth-order valence-corrected chi connectivity index (χ4v) is 7.74. The Balaban J connectivity index is 1.24. The Morgan fingerprint density at radius 3 is 1.78 bits per heavy atom. The molecule has 69 heavy (non-hydrogen) atoms. The van der Waals surface area contributed by atoms with Crippen LogP contribution in [0.15, 0.2) is 63.8 Å². The Morgan fingerprint density at radius 2 is 1.20 bits per heavy atom. The fourth-order valence-electron chi connectivity index (χ4n) is 7.74. The molecule has 0 spiro atoms. The van der Waals surface area contributed by atoms with Gasteiger partial charge in [-0.3, -0.25) is 4.79 Å². The van der Waals surface area contributed by atoms with Crippen LogP contribution in [0.5, 0.6) is 40.2 Å². The number of phenolic OH excluding ortho intramolecular Hbond substituents is 3. The molecule has 0 amide bonds. The molecule has 3 aliphatic heterocycles. The number of aromatic hydroxyl groups is 3. The molecular weight excluding hydrogens is 928 g/mol. The number of aliphatic hydroxyl groups is 10. The number of rotatable bonds is 15. The highest BCUT2D eigenvalue weighted by atomic mass is 16.8. The first kappa shape index (κ1) is 51.0. The highest BCUT2D eigenvalue weighted by Gasteiger charge is 2.53. The van der Waals surface area contributed by atoms with Crippen LogP contribution < -0.4 is 24.4 Å². The maximum absolute atomic E-state index is 14.5. The van der Waals surface area contributed by atoms with Gasteiger partial charge in [-0.25, -0.2) is 4.79 Å². The van der Waals surface area contributed by atoms with E-state index in [4.69, 9.17) is 47.0 Å². The summed E-state index contributed by atoms with van der Waals surface area (Å²) in [5.41, 5.74) is -1.26. The van der Waals surface area contributed by atoms with E-state index in [2.05, 4.69) is 0 Å². The lowest BCUT2D eigenvalue weighted by atomic mass is 9.97. The summed E-state index contributed by atoms with van der Waals surface area (Å²) in [5, 5.41) is 136. The molecule has 0 aliphatic carbocycles. The van der Waals surface area contributed by atoms with Gasteiger partial charge in [0, 0.05) is 23.8 Å². The second-order valence-corrected chi connectivity index (χ2v) is 15.9. The van der Waals surface area contributed by atoms with Gasteiger partial charge in [0.05, 0.1) is 34.0 Å². The van der Waals surface area contributed by atoms with Gasteiger partial charge in [0.25, 0.3) is 0 Å². The van der Waals surface area contributed by atoms with Gasteiger partial charge in [-0.05, 0) is 48.0 Å². The van der Waals surface area contributed by atoms with Gasteiger partial charge >= 0.3 is 5.97 Å². The van der Waals surface area contributed by atoms with Gasteiger partial charge < -0.3 is 113 Å². The zero-order chi connectivity index (χ0) is 50.0. The third kappa shape index (κ3) is 10.4. The maximum Gasteiger partial charge on any atom is 0.331 e. The molecule has 7 rings (SSSR count). The molecule has 3 aromatic carbocycles. The molecule has 0 unspecified atom stereocenters. The average Bonchev–Trinajstić information content (AvgIpc) is 3.33. The maximum atomic E-state index is 14.5. The Kier molecular flexibility index (Phi) is 15.8. The number of phenols is 3. The van der Waals surface area contributed by atoms with Gasteiger partial charge in [0.1, 0.15) is 89.3 Å². The first-order valence-electron chi connectivity index (χ1n) is 20.9. The lowest BCUT2D eigenvalue weighted by Crippen LogP contribution is -2.65. The minimum Gasteiger partial charge on any atom is -0.508 e. The summed E-state index contributed by atoms with van der Waals surface area (Å²) in [4.78, 5) is 27.8. The van der Waals surface area contributed by atoms with Crippen molar-refractivity contribution in [1.82, 2.24) is 0 Å². The van der Waals surface area contributed by atoms with Gasteiger partial charge in [0.2, 0.25) is 29.5 Å². The normalized spacial score (nSPS) is 31.6. The quantitative estimate of drug-likeness (QED) is 0.0418. The molecule has 376 valence electrons. The highest BCUT2D eigenvalue weighted by Crippen LogP contribution is 2.40. The van der Waals surface area contributed by atoms with Crippen LogP contribution in [0.1, 0.15) is 5.56 Å². The number of fused-ring (bicyclic) bond motifs is 1. The molecule has 25 heteroatoms. The second-order valence-electron chi connectivity index (χ2n) is 15.9. The highest BCUT2D eigenvalue weighted by molar-refractivity contribution is 5.89. The zero-order valence-corrected chi connectivity index (χ0v) is 36.3. The van der Waals surface area contributed by atoms with Gasteiger partial charge in [0.15, 0.2) is 35.8 Å². The minimum absolute atomic E-state index is 0.0110. The van der Waals surface area contributed by atoms with E-state index in [0.717, 1.165) is 18.2 Å². The summed E-state index contributed by atoms with van der Waals surface area (Å²) in [6.07, 6.45) is -25.9. The molecule has 4 heterocycles. The average molecular weight is 979 g/mol. The van der Waals surface area contributed by atoms with Crippen molar-refractivity contribution in [2.75, 3.05) is 34.0 Å². The molecule has 3 saturated heterocycles. The van der Waals surface area contributed by atoms with Crippen LogP contribution in [0, 0.1) is 0 Å². The van der Waals surface area contributed by atoms with Crippen molar-refractivity contribution < 1.29 is 118 Å². The third-order valence-electron chi connectivity index (χ3n) is 11.5. The molecule has 25 nitrogen and oxygen atoms in total. The fraction of sp³-hybridized carbons (Fsp3) is 0.455. The monoisotopic (exact) mass is 978 g/mol. The number of hydrogen-bond acceptors (Lipinski definition) is 25. The molecular formula is C44H50O25. The van der Waals surface area contributed by atoms with Crippen molar-refractivity contribution in [2.45, 2.75) is 92.1 Å². The summed E-state index contributed by atoms with van der Waals surface area (Å²) < 4.78 is 56.5. The smallest absolute Gasteiger partial charge is 0.331 e. The minimum atomic E-state index is -2.13. The van der Waals surface area contributed by atoms with Crippen LogP contribution in [0.2, 0.25) is 0 Å².